The molecule has 1 saturated heterocycles. The number of piperidine rings is 1. The Kier molecular flexibility index (Phi) is 9.83. The first-order valence-electron chi connectivity index (χ1n) is 12.9. The summed E-state index contributed by atoms with van der Waals surface area (Å²) in [5.41, 5.74) is 1.30. The molecule has 0 bridgehead atoms. The lowest BCUT2D eigenvalue weighted by molar-refractivity contribution is -0.128. The van der Waals surface area contributed by atoms with Crippen LogP contribution in [-0.2, 0) is 17.8 Å². The largest absolute Gasteiger partial charge is 0.437 e. The van der Waals surface area contributed by atoms with Gasteiger partial charge in [-0.3, -0.25) is 14.5 Å². The number of rotatable bonds is 12. The monoisotopic (exact) mass is 484 g/mol. The molecule has 1 N–H and O–H groups in total. The number of benzene rings is 1. The molecular weight excluding hydrogens is 444 g/mol. The topological polar surface area (TPSA) is 97.4 Å². The van der Waals surface area contributed by atoms with Crippen molar-refractivity contribution in [3.8, 4) is 0 Å². The van der Waals surface area contributed by atoms with E-state index < -0.39 is 17.6 Å². The van der Waals surface area contributed by atoms with Gasteiger partial charge in [-0.1, -0.05) is 64.4 Å². The highest BCUT2D eigenvalue weighted by atomic mass is 16.4. The Bertz CT molecular complexity index is 1010. The van der Waals surface area contributed by atoms with Gasteiger partial charge in [-0.25, -0.2) is 4.79 Å². The number of carbonyl (C=O) groups is 2. The summed E-state index contributed by atoms with van der Waals surface area (Å²) in [6, 6.07) is 9.34. The zero-order valence-corrected chi connectivity index (χ0v) is 21.5. The van der Waals surface area contributed by atoms with Crippen molar-refractivity contribution in [2.24, 2.45) is 11.8 Å². The van der Waals surface area contributed by atoms with E-state index >= 15 is 0 Å². The third-order valence-corrected chi connectivity index (χ3v) is 6.37. The van der Waals surface area contributed by atoms with Crippen LogP contribution < -0.4 is 11.1 Å². The molecule has 0 radical (unpaired) electrons. The molecule has 1 aromatic carbocycles. The normalized spacial score (nSPS) is 17.6. The Balaban J connectivity index is 1.66. The minimum atomic E-state index is -0.777. The number of carbonyl (C=O) groups excluding carboxylic acids is 2. The number of ketones is 1. The summed E-state index contributed by atoms with van der Waals surface area (Å²) < 4.78 is 6.35. The van der Waals surface area contributed by atoms with E-state index in [4.69, 9.17) is 4.42 Å². The van der Waals surface area contributed by atoms with E-state index in [1.807, 2.05) is 45.9 Å². The number of aromatic nitrogens is 2. The average molecular weight is 485 g/mol. The second kappa shape index (κ2) is 12.8. The number of hydrogen-bond acceptors (Lipinski definition) is 6. The lowest BCUT2D eigenvalue weighted by atomic mass is 9.97. The fourth-order valence-corrected chi connectivity index (χ4v) is 4.67. The van der Waals surface area contributed by atoms with Gasteiger partial charge in [0.25, 0.3) is 5.89 Å². The zero-order chi connectivity index (χ0) is 25.4. The Morgan fingerprint density at radius 2 is 1.86 bits per heavy atom. The number of aryl methyl sites for hydroxylation is 1. The van der Waals surface area contributed by atoms with E-state index in [-0.39, 0.29) is 29.7 Å². The zero-order valence-electron chi connectivity index (χ0n) is 21.5. The molecule has 8 nitrogen and oxygen atoms in total. The van der Waals surface area contributed by atoms with Gasteiger partial charge in [0.2, 0.25) is 11.7 Å². The minimum absolute atomic E-state index is 0.132. The Morgan fingerprint density at radius 1 is 1.11 bits per heavy atom. The number of hydrogen-bond donors (Lipinski definition) is 1. The summed E-state index contributed by atoms with van der Waals surface area (Å²) in [5, 5.41) is 7.09. The maximum Gasteiger partial charge on any atom is 0.437 e. The maximum atomic E-state index is 13.4. The quantitative estimate of drug-likeness (QED) is 0.462. The molecular formula is C27H40N4O4. The predicted molar refractivity (Wildman–Crippen MR) is 135 cm³/mol. The lowest BCUT2D eigenvalue weighted by Crippen LogP contribution is -2.53. The molecule has 8 heteroatoms. The fraction of sp³-hybridized carbons (Fsp3) is 0.630. The highest BCUT2D eigenvalue weighted by Crippen LogP contribution is 2.19. The van der Waals surface area contributed by atoms with Crippen molar-refractivity contribution in [2.75, 3.05) is 13.1 Å². The van der Waals surface area contributed by atoms with Crippen molar-refractivity contribution in [3.05, 3.63) is 52.3 Å². The first-order chi connectivity index (χ1) is 16.7. The number of likely N-dealkylation sites (tertiary alicyclic amines) is 1. The van der Waals surface area contributed by atoms with Gasteiger partial charge in [0.1, 0.15) is 0 Å². The van der Waals surface area contributed by atoms with Gasteiger partial charge in [-0.15, -0.1) is 5.10 Å². The second-order valence-electron chi connectivity index (χ2n) is 10.4. The molecule has 1 fully saturated rings. The summed E-state index contributed by atoms with van der Waals surface area (Å²) >= 11 is 0. The number of nitrogens with one attached hydrogen (secondary N) is 1. The fourth-order valence-electron chi connectivity index (χ4n) is 4.67. The van der Waals surface area contributed by atoms with Gasteiger partial charge in [0, 0.05) is 0 Å². The lowest BCUT2D eigenvalue weighted by Gasteiger charge is -2.35. The summed E-state index contributed by atoms with van der Waals surface area (Å²) in [6.07, 6.45) is 5.23. The molecule has 35 heavy (non-hydrogen) atoms. The van der Waals surface area contributed by atoms with Gasteiger partial charge < -0.3 is 9.73 Å². The third-order valence-electron chi connectivity index (χ3n) is 6.37. The molecule has 2 aromatic rings. The average Bonchev–Trinajstić information content (AvgIpc) is 3.18. The second-order valence-corrected chi connectivity index (χ2v) is 10.4. The molecule has 192 valence electrons. The summed E-state index contributed by atoms with van der Waals surface area (Å²) in [4.78, 5) is 41.0. The van der Waals surface area contributed by atoms with Crippen LogP contribution in [0.4, 0.5) is 0 Å². The number of Topliss-reactive ketones (excluding diaryl/α,β-unsaturated/α-hetero) is 1. The van der Waals surface area contributed by atoms with E-state index in [1.165, 1.54) is 10.2 Å². The van der Waals surface area contributed by atoms with Crippen LogP contribution in [0.3, 0.4) is 0 Å². The molecule has 0 unspecified atom stereocenters. The van der Waals surface area contributed by atoms with E-state index in [0.717, 1.165) is 45.2 Å². The van der Waals surface area contributed by atoms with Crippen molar-refractivity contribution >= 4 is 11.7 Å². The molecule has 1 aliphatic heterocycles. The van der Waals surface area contributed by atoms with Crippen LogP contribution >= 0.6 is 0 Å². The number of nitrogens with zero attached hydrogens (tertiary/aromatic N) is 3. The Labute approximate surface area is 208 Å². The van der Waals surface area contributed by atoms with E-state index in [9.17, 15) is 14.4 Å². The SMILES string of the molecule is CC(C)C[C@H](NC(=O)[C@@H]1CCCCN1CCCc1ccccc1)C(=O)c1nn(CC(C)C)c(=O)o1. The van der Waals surface area contributed by atoms with Gasteiger partial charge in [0.05, 0.1) is 18.6 Å². The molecule has 1 amide bonds. The van der Waals surface area contributed by atoms with Crippen LogP contribution in [0, 0.1) is 11.8 Å². The van der Waals surface area contributed by atoms with Gasteiger partial charge in [-0.2, -0.15) is 4.68 Å². The van der Waals surface area contributed by atoms with Crippen molar-refractivity contribution in [3.63, 3.8) is 0 Å². The maximum absolute atomic E-state index is 13.4. The molecule has 0 aliphatic carbocycles. The molecule has 2 atom stereocenters. The highest BCUT2D eigenvalue weighted by Gasteiger charge is 2.33. The first kappa shape index (κ1) is 26.9. The minimum Gasteiger partial charge on any atom is -0.384 e. The van der Waals surface area contributed by atoms with Crippen molar-refractivity contribution in [1.82, 2.24) is 20.0 Å². The van der Waals surface area contributed by atoms with Crippen LogP contribution in [0.25, 0.3) is 0 Å². The Morgan fingerprint density at radius 3 is 2.54 bits per heavy atom. The van der Waals surface area contributed by atoms with Gasteiger partial charge in [0.15, 0.2) is 0 Å². The van der Waals surface area contributed by atoms with Crippen LogP contribution in [-0.4, -0.2) is 51.5 Å². The third kappa shape index (κ3) is 7.88. The van der Waals surface area contributed by atoms with E-state index in [2.05, 4.69) is 27.4 Å². The van der Waals surface area contributed by atoms with Crippen molar-refractivity contribution in [1.29, 1.82) is 0 Å². The molecule has 1 aliphatic rings. The number of amides is 1. The van der Waals surface area contributed by atoms with Crippen LogP contribution in [0.5, 0.6) is 0 Å². The molecule has 2 heterocycles. The predicted octanol–water partition coefficient (Wildman–Crippen LogP) is 3.69. The van der Waals surface area contributed by atoms with Gasteiger partial charge >= 0.3 is 5.76 Å². The van der Waals surface area contributed by atoms with Crippen LogP contribution in [0.15, 0.2) is 39.5 Å². The van der Waals surface area contributed by atoms with Gasteiger partial charge in [-0.05, 0) is 62.6 Å². The standard InChI is InChI=1S/C27H40N4O4/c1-19(2)17-22(24(32)26-29-31(18-20(3)4)27(34)35-26)28-25(33)23-14-8-9-15-30(23)16-10-13-21-11-6-5-7-12-21/h5-7,11-12,19-20,22-23H,8-10,13-18H2,1-4H3,(H,28,33)/t22-,23-/m0/s1. The summed E-state index contributed by atoms with van der Waals surface area (Å²) in [5.74, 6) is -1.10. The first-order valence-corrected chi connectivity index (χ1v) is 12.9. The van der Waals surface area contributed by atoms with Crippen LogP contribution in [0.1, 0.15) is 76.0 Å². The van der Waals surface area contributed by atoms with Crippen LogP contribution in [0.2, 0.25) is 0 Å². The molecule has 0 saturated carbocycles. The molecule has 1 aromatic heterocycles. The van der Waals surface area contributed by atoms with E-state index in [0.29, 0.717) is 13.0 Å². The smallest absolute Gasteiger partial charge is 0.384 e. The van der Waals surface area contributed by atoms with Crippen molar-refractivity contribution < 1.29 is 14.0 Å². The van der Waals surface area contributed by atoms with Crippen molar-refractivity contribution in [2.45, 2.75) is 84.8 Å². The Hall–Kier alpha value is -2.74. The highest BCUT2D eigenvalue weighted by molar-refractivity contribution is 5.99. The summed E-state index contributed by atoms with van der Waals surface area (Å²) in [6.45, 7) is 10.00. The van der Waals surface area contributed by atoms with E-state index in [1.54, 1.807) is 0 Å². The molecule has 3 rings (SSSR count). The summed E-state index contributed by atoms with van der Waals surface area (Å²) in [7, 11) is 0. The molecule has 0 spiro atoms.